The third-order valence-electron chi connectivity index (χ3n) is 9.56. The van der Waals surface area contributed by atoms with Crippen LogP contribution < -0.4 is 11.1 Å². The van der Waals surface area contributed by atoms with Crippen molar-refractivity contribution >= 4 is 30.2 Å². The zero-order chi connectivity index (χ0) is 42.8. The van der Waals surface area contributed by atoms with Crippen LogP contribution in [0.4, 0.5) is 14.4 Å². The predicted octanol–water partition coefficient (Wildman–Crippen LogP) is 7.79. The van der Waals surface area contributed by atoms with Crippen LogP contribution in [-0.2, 0) is 55.0 Å². The molecule has 4 N–H and O–H groups in total. The van der Waals surface area contributed by atoms with E-state index < -0.39 is 42.4 Å². The molecule has 0 aliphatic rings. The molecule has 4 aromatic carbocycles. The summed E-state index contributed by atoms with van der Waals surface area (Å²) in [7, 11) is 0. The van der Waals surface area contributed by atoms with Crippen LogP contribution in [0.5, 0.6) is 0 Å². The minimum atomic E-state index is -1.29. The Bertz CT molecular complexity index is 1890. The van der Waals surface area contributed by atoms with Crippen molar-refractivity contribution in [1.82, 2.24) is 15.1 Å². The van der Waals surface area contributed by atoms with Gasteiger partial charge in [-0.1, -0.05) is 121 Å². The fraction of sp³-hybridized carbons (Fsp3) is 0.370. The smallest absolute Gasteiger partial charge is 0.411 e. The average molecular weight is 825 g/mol. The number of carboxylic acid groups (broad SMARTS) is 1. The molecule has 0 fully saturated rings. The van der Waals surface area contributed by atoms with E-state index in [1.54, 1.807) is 12.1 Å². The fourth-order valence-corrected chi connectivity index (χ4v) is 6.34. The number of amides is 3. The van der Waals surface area contributed by atoms with Gasteiger partial charge in [0.25, 0.3) is 0 Å². The highest BCUT2D eigenvalue weighted by molar-refractivity contribution is 5.76. The lowest BCUT2D eigenvalue weighted by Gasteiger charge is -2.41. The van der Waals surface area contributed by atoms with E-state index in [4.69, 9.17) is 24.7 Å². The van der Waals surface area contributed by atoms with Crippen molar-refractivity contribution < 1.29 is 48.0 Å². The zero-order valence-corrected chi connectivity index (χ0v) is 34.0. The van der Waals surface area contributed by atoms with Gasteiger partial charge in [0.05, 0.1) is 5.66 Å². The number of aliphatic carboxylic acids is 1. The molecule has 4 aromatic rings. The summed E-state index contributed by atoms with van der Waals surface area (Å²) in [6.07, 6.45) is 0.532. The number of nitrogens with zero attached hydrogens (tertiary/aromatic N) is 2. The molecule has 0 aliphatic heterocycles. The maximum Gasteiger partial charge on any atom is 0.411 e. The molecule has 0 bridgehead atoms. The van der Waals surface area contributed by atoms with E-state index in [1.807, 2.05) is 109 Å². The summed E-state index contributed by atoms with van der Waals surface area (Å²) < 4.78 is 22.0. The minimum absolute atomic E-state index is 0.00722. The molecule has 1 unspecified atom stereocenters. The van der Waals surface area contributed by atoms with Gasteiger partial charge in [-0.05, 0) is 67.2 Å². The molecule has 4 rings (SSSR count). The van der Waals surface area contributed by atoms with Gasteiger partial charge < -0.3 is 35.1 Å². The number of ether oxygens (including phenoxy) is 4. The molecule has 14 nitrogen and oxygen atoms in total. The second kappa shape index (κ2) is 25.8. The number of carbonyl (C=O) groups excluding carboxylic acids is 4. The van der Waals surface area contributed by atoms with Crippen molar-refractivity contribution in [2.75, 3.05) is 26.2 Å². The molecule has 14 heteroatoms. The number of hydrogen-bond donors (Lipinski definition) is 3. The molecule has 320 valence electrons. The van der Waals surface area contributed by atoms with Crippen molar-refractivity contribution in [3.05, 3.63) is 144 Å². The van der Waals surface area contributed by atoms with E-state index >= 15 is 0 Å². The number of benzene rings is 4. The largest absolute Gasteiger partial charge is 0.480 e. The zero-order valence-electron chi connectivity index (χ0n) is 34.0. The standard InChI is InChI=1S/C46H56N4O10/c47-46(28-17-26-42(53)57-33-37-18-5-1-6-19-37,27-13-14-29-48-43(54)58-34-38-20-7-2-8-21-38)50(45(56)60-36-40-24-11-4-12-25-40)31-16-15-30-49(32-41(51)52)44(55)59-35-39-22-9-3-10-23-39/h1-12,18-25H,13-17,26-36,47H2,(H,48,54)(H,51,52). The van der Waals surface area contributed by atoms with E-state index in [0.717, 1.165) is 27.2 Å². The molecule has 0 saturated heterocycles. The van der Waals surface area contributed by atoms with Crippen LogP contribution in [-0.4, -0.2) is 77.0 Å². The normalized spacial score (nSPS) is 11.7. The number of unbranched alkanes of at least 4 members (excludes halogenated alkanes) is 2. The summed E-state index contributed by atoms with van der Waals surface area (Å²) in [6.45, 7) is 0.124. The Balaban J connectivity index is 1.42. The third kappa shape index (κ3) is 17.6. The fourth-order valence-electron chi connectivity index (χ4n) is 6.34. The second-order valence-electron chi connectivity index (χ2n) is 14.3. The Hall–Kier alpha value is -6.41. The van der Waals surface area contributed by atoms with E-state index in [1.165, 1.54) is 4.90 Å². The molecule has 3 amide bonds. The van der Waals surface area contributed by atoms with Crippen LogP contribution in [0, 0.1) is 0 Å². The van der Waals surface area contributed by atoms with Gasteiger partial charge in [0.1, 0.15) is 33.0 Å². The lowest BCUT2D eigenvalue weighted by atomic mass is 9.94. The molecule has 0 spiro atoms. The van der Waals surface area contributed by atoms with Crippen LogP contribution >= 0.6 is 0 Å². The number of alkyl carbamates (subject to hydrolysis) is 1. The van der Waals surface area contributed by atoms with E-state index in [2.05, 4.69) is 5.32 Å². The Morgan fingerprint density at radius 3 is 1.52 bits per heavy atom. The van der Waals surface area contributed by atoms with Gasteiger partial charge in [0.2, 0.25) is 0 Å². The van der Waals surface area contributed by atoms with Crippen LogP contribution in [0.25, 0.3) is 0 Å². The van der Waals surface area contributed by atoms with Crippen LogP contribution in [0.2, 0.25) is 0 Å². The summed E-state index contributed by atoms with van der Waals surface area (Å²) in [4.78, 5) is 66.4. The van der Waals surface area contributed by atoms with Crippen molar-refractivity contribution in [1.29, 1.82) is 0 Å². The highest BCUT2D eigenvalue weighted by Crippen LogP contribution is 2.26. The van der Waals surface area contributed by atoms with E-state index in [0.29, 0.717) is 45.1 Å². The lowest BCUT2D eigenvalue weighted by Crippen LogP contribution is -2.59. The molecule has 60 heavy (non-hydrogen) atoms. The van der Waals surface area contributed by atoms with Gasteiger partial charge in [-0.25, -0.2) is 14.4 Å². The number of nitrogens with two attached hydrogens (primary N) is 1. The summed E-state index contributed by atoms with van der Waals surface area (Å²) in [5.41, 5.74) is 9.13. The number of nitrogens with one attached hydrogen (secondary N) is 1. The van der Waals surface area contributed by atoms with Crippen LogP contribution in [0.15, 0.2) is 121 Å². The number of rotatable bonds is 25. The first-order valence-corrected chi connectivity index (χ1v) is 20.2. The van der Waals surface area contributed by atoms with Crippen LogP contribution in [0.3, 0.4) is 0 Å². The Morgan fingerprint density at radius 1 is 0.550 bits per heavy atom. The minimum Gasteiger partial charge on any atom is -0.480 e. The SMILES string of the molecule is NC(CCCCNC(=O)OCc1ccccc1)(CCCC(=O)OCc1ccccc1)N(CCCCN(CC(=O)O)C(=O)OCc1ccccc1)C(=O)OCc1ccccc1. The van der Waals surface area contributed by atoms with Crippen molar-refractivity contribution in [2.45, 2.75) is 83.5 Å². The third-order valence-corrected chi connectivity index (χ3v) is 9.56. The van der Waals surface area contributed by atoms with Crippen LogP contribution in [0.1, 0.15) is 73.6 Å². The topological polar surface area (TPSA) is 187 Å². The molecule has 0 radical (unpaired) electrons. The number of carboxylic acids is 1. The predicted molar refractivity (Wildman–Crippen MR) is 224 cm³/mol. The Morgan fingerprint density at radius 2 is 1.00 bits per heavy atom. The van der Waals surface area contributed by atoms with Gasteiger partial charge >= 0.3 is 30.2 Å². The first-order valence-electron chi connectivity index (χ1n) is 20.2. The first kappa shape index (κ1) is 46.3. The first-order chi connectivity index (χ1) is 29.1. The maximum atomic E-state index is 14.0. The van der Waals surface area contributed by atoms with E-state index in [-0.39, 0.29) is 52.4 Å². The monoisotopic (exact) mass is 824 g/mol. The molecular formula is C46H56N4O10. The quantitative estimate of drug-likeness (QED) is 0.0256. The van der Waals surface area contributed by atoms with Crippen molar-refractivity contribution in [3.63, 3.8) is 0 Å². The Kier molecular flexibility index (Phi) is 19.9. The van der Waals surface area contributed by atoms with Gasteiger partial charge in [0, 0.05) is 26.1 Å². The average Bonchev–Trinajstić information content (AvgIpc) is 3.26. The summed E-state index contributed by atoms with van der Waals surface area (Å²) in [6, 6.07) is 36.9. The number of carbonyl (C=O) groups is 5. The van der Waals surface area contributed by atoms with Crippen molar-refractivity contribution in [2.24, 2.45) is 5.73 Å². The highest BCUT2D eigenvalue weighted by atomic mass is 16.6. The lowest BCUT2D eigenvalue weighted by molar-refractivity contribution is -0.145. The summed E-state index contributed by atoms with van der Waals surface area (Å²) in [5, 5.41) is 12.3. The molecule has 0 heterocycles. The van der Waals surface area contributed by atoms with Crippen molar-refractivity contribution in [3.8, 4) is 0 Å². The summed E-state index contributed by atoms with van der Waals surface area (Å²) in [5.74, 6) is -1.60. The number of hydrogen-bond acceptors (Lipinski definition) is 10. The summed E-state index contributed by atoms with van der Waals surface area (Å²) >= 11 is 0. The molecule has 0 saturated carbocycles. The number of esters is 1. The molecule has 0 aromatic heterocycles. The van der Waals surface area contributed by atoms with Gasteiger partial charge in [-0.3, -0.25) is 19.4 Å². The highest BCUT2D eigenvalue weighted by Gasteiger charge is 2.36. The molecular weight excluding hydrogens is 769 g/mol. The van der Waals surface area contributed by atoms with Gasteiger partial charge in [-0.2, -0.15) is 0 Å². The maximum absolute atomic E-state index is 14.0. The van der Waals surface area contributed by atoms with E-state index in [9.17, 15) is 29.1 Å². The molecule has 1 atom stereocenters. The van der Waals surface area contributed by atoms with Gasteiger partial charge in [-0.15, -0.1) is 0 Å². The second-order valence-corrected chi connectivity index (χ2v) is 14.3. The molecule has 0 aliphatic carbocycles. The Labute approximate surface area is 351 Å². The van der Waals surface area contributed by atoms with Gasteiger partial charge in [0.15, 0.2) is 0 Å².